The van der Waals surface area contributed by atoms with Crippen LogP contribution in [0.15, 0.2) is 18.2 Å². The Morgan fingerprint density at radius 1 is 1.50 bits per heavy atom. The minimum Gasteiger partial charge on any atom is -0.349 e. The molecule has 1 fully saturated rings. The molecule has 6 nitrogen and oxygen atoms in total. The Morgan fingerprint density at radius 3 is 2.72 bits per heavy atom. The molecule has 0 aromatic heterocycles. The van der Waals surface area contributed by atoms with Crippen LogP contribution in [0, 0.1) is 17.0 Å². The average molecular weight is 249 g/mol. The zero-order valence-corrected chi connectivity index (χ0v) is 10.1. The van der Waals surface area contributed by atoms with E-state index in [2.05, 4.69) is 5.32 Å². The highest BCUT2D eigenvalue weighted by Gasteiger charge is 2.28. The zero-order valence-electron chi connectivity index (χ0n) is 10.1. The fourth-order valence-electron chi connectivity index (χ4n) is 2.01. The Kier molecular flexibility index (Phi) is 3.29. The third-order valence-electron chi connectivity index (χ3n) is 3.19. The second-order valence-corrected chi connectivity index (χ2v) is 4.66. The first-order valence-electron chi connectivity index (χ1n) is 5.79. The number of aryl methyl sites for hydroxylation is 1. The van der Waals surface area contributed by atoms with Crippen molar-refractivity contribution in [1.29, 1.82) is 0 Å². The van der Waals surface area contributed by atoms with Crippen molar-refractivity contribution in [2.24, 2.45) is 5.73 Å². The van der Waals surface area contributed by atoms with Gasteiger partial charge in [-0.3, -0.25) is 14.9 Å². The van der Waals surface area contributed by atoms with Crippen molar-refractivity contribution in [3.05, 3.63) is 39.4 Å². The van der Waals surface area contributed by atoms with Gasteiger partial charge in [-0.1, -0.05) is 6.07 Å². The third-order valence-corrected chi connectivity index (χ3v) is 3.19. The van der Waals surface area contributed by atoms with Crippen molar-refractivity contribution in [3.63, 3.8) is 0 Å². The molecule has 0 saturated heterocycles. The van der Waals surface area contributed by atoms with Crippen LogP contribution in [0.4, 0.5) is 5.69 Å². The standard InChI is InChI=1S/C12H15N3O3/c1-7-2-3-10(15(17)18)6-11(7)12(16)14-9-4-8(13)5-9/h2-3,6,8-9H,4-5,13H2,1H3,(H,14,16). The molecule has 3 N–H and O–H groups in total. The Balaban J connectivity index is 2.13. The van der Waals surface area contributed by atoms with Gasteiger partial charge in [-0.25, -0.2) is 0 Å². The molecule has 1 saturated carbocycles. The molecule has 0 heterocycles. The minimum atomic E-state index is -0.504. The Hall–Kier alpha value is -1.95. The van der Waals surface area contributed by atoms with Crippen LogP contribution in [-0.2, 0) is 0 Å². The van der Waals surface area contributed by atoms with Crippen LogP contribution < -0.4 is 11.1 Å². The largest absolute Gasteiger partial charge is 0.349 e. The van der Waals surface area contributed by atoms with Gasteiger partial charge in [0.05, 0.1) is 4.92 Å². The second kappa shape index (κ2) is 4.73. The molecule has 0 atom stereocenters. The molecule has 6 heteroatoms. The van der Waals surface area contributed by atoms with Crippen molar-refractivity contribution >= 4 is 11.6 Å². The second-order valence-electron chi connectivity index (χ2n) is 4.66. The predicted molar refractivity (Wildman–Crippen MR) is 66.3 cm³/mol. The van der Waals surface area contributed by atoms with E-state index in [0.717, 1.165) is 18.4 Å². The van der Waals surface area contributed by atoms with Gasteiger partial charge in [0.15, 0.2) is 0 Å². The van der Waals surface area contributed by atoms with Crippen LogP contribution in [0.5, 0.6) is 0 Å². The Labute approximate surface area is 104 Å². The maximum absolute atomic E-state index is 12.0. The molecule has 1 amide bonds. The zero-order chi connectivity index (χ0) is 13.3. The first-order chi connectivity index (χ1) is 8.47. The third kappa shape index (κ3) is 2.48. The summed E-state index contributed by atoms with van der Waals surface area (Å²) in [5, 5.41) is 13.5. The Bertz CT molecular complexity index is 495. The first kappa shape index (κ1) is 12.5. The molecule has 1 aromatic rings. The highest BCUT2D eigenvalue weighted by Crippen LogP contribution is 2.20. The van der Waals surface area contributed by atoms with Gasteiger partial charge in [0, 0.05) is 29.8 Å². The lowest BCUT2D eigenvalue weighted by Crippen LogP contribution is -2.50. The van der Waals surface area contributed by atoms with Crippen molar-refractivity contribution in [2.75, 3.05) is 0 Å². The molecule has 0 spiro atoms. The van der Waals surface area contributed by atoms with Gasteiger partial charge in [-0.05, 0) is 25.3 Å². The topological polar surface area (TPSA) is 98.3 Å². The van der Waals surface area contributed by atoms with E-state index in [1.165, 1.54) is 12.1 Å². The Morgan fingerprint density at radius 2 is 2.17 bits per heavy atom. The average Bonchev–Trinajstić information content (AvgIpc) is 2.27. The van der Waals surface area contributed by atoms with Crippen LogP contribution >= 0.6 is 0 Å². The lowest BCUT2D eigenvalue weighted by atomic mass is 9.87. The number of nitro benzene ring substituents is 1. The van der Waals surface area contributed by atoms with E-state index in [9.17, 15) is 14.9 Å². The SMILES string of the molecule is Cc1ccc([N+](=O)[O-])cc1C(=O)NC1CC(N)C1. The maximum atomic E-state index is 12.0. The van der Waals surface area contributed by atoms with Gasteiger partial charge in [0.2, 0.25) is 0 Å². The number of carbonyl (C=O) groups excluding carboxylic acids is 1. The van der Waals surface area contributed by atoms with Crippen molar-refractivity contribution < 1.29 is 9.72 Å². The number of nitrogens with one attached hydrogen (secondary N) is 1. The molecular weight excluding hydrogens is 234 g/mol. The maximum Gasteiger partial charge on any atom is 0.270 e. The fraction of sp³-hybridized carbons (Fsp3) is 0.417. The quantitative estimate of drug-likeness (QED) is 0.619. The highest BCUT2D eigenvalue weighted by atomic mass is 16.6. The number of nitrogens with two attached hydrogens (primary N) is 1. The van der Waals surface area contributed by atoms with E-state index >= 15 is 0 Å². The highest BCUT2D eigenvalue weighted by molar-refractivity contribution is 5.96. The molecular formula is C12H15N3O3. The molecule has 2 rings (SSSR count). The van der Waals surface area contributed by atoms with Gasteiger partial charge in [-0.2, -0.15) is 0 Å². The van der Waals surface area contributed by atoms with E-state index in [-0.39, 0.29) is 23.7 Å². The summed E-state index contributed by atoms with van der Waals surface area (Å²) in [7, 11) is 0. The number of nitrogens with zero attached hydrogens (tertiary/aromatic N) is 1. The van der Waals surface area contributed by atoms with Crippen LogP contribution in [0.2, 0.25) is 0 Å². The molecule has 0 aliphatic heterocycles. The van der Waals surface area contributed by atoms with Gasteiger partial charge in [0.25, 0.3) is 11.6 Å². The molecule has 96 valence electrons. The summed E-state index contributed by atoms with van der Waals surface area (Å²) in [6.45, 7) is 1.76. The van der Waals surface area contributed by atoms with Crippen molar-refractivity contribution in [1.82, 2.24) is 5.32 Å². The number of non-ortho nitro benzene ring substituents is 1. The number of amides is 1. The smallest absolute Gasteiger partial charge is 0.270 e. The van der Waals surface area contributed by atoms with Crippen LogP contribution in [0.1, 0.15) is 28.8 Å². The molecule has 0 bridgehead atoms. The summed E-state index contributed by atoms with van der Waals surface area (Å²) in [5.74, 6) is -0.270. The minimum absolute atomic E-state index is 0.0731. The van der Waals surface area contributed by atoms with Crippen LogP contribution in [0.25, 0.3) is 0 Å². The van der Waals surface area contributed by atoms with Crippen LogP contribution in [0.3, 0.4) is 0 Å². The van der Waals surface area contributed by atoms with Crippen molar-refractivity contribution in [3.8, 4) is 0 Å². The summed E-state index contributed by atoms with van der Waals surface area (Å²) in [6, 6.07) is 4.53. The number of rotatable bonds is 3. The number of benzene rings is 1. The number of nitro groups is 1. The summed E-state index contributed by atoms with van der Waals surface area (Å²) in [6.07, 6.45) is 1.53. The van der Waals surface area contributed by atoms with E-state index < -0.39 is 4.92 Å². The molecule has 1 aliphatic rings. The molecule has 0 unspecified atom stereocenters. The van der Waals surface area contributed by atoms with E-state index in [1.807, 2.05) is 0 Å². The van der Waals surface area contributed by atoms with Gasteiger partial charge < -0.3 is 11.1 Å². The number of hydrogen-bond acceptors (Lipinski definition) is 4. The number of hydrogen-bond donors (Lipinski definition) is 2. The molecule has 1 aliphatic carbocycles. The fourth-order valence-corrected chi connectivity index (χ4v) is 2.01. The lowest BCUT2D eigenvalue weighted by Gasteiger charge is -2.33. The molecule has 0 radical (unpaired) electrons. The summed E-state index contributed by atoms with van der Waals surface area (Å²) < 4.78 is 0. The van der Waals surface area contributed by atoms with Crippen molar-refractivity contribution in [2.45, 2.75) is 31.8 Å². The van der Waals surface area contributed by atoms with E-state index in [0.29, 0.717) is 5.56 Å². The molecule has 18 heavy (non-hydrogen) atoms. The van der Waals surface area contributed by atoms with Gasteiger partial charge >= 0.3 is 0 Å². The monoisotopic (exact) mass is 249 g/mol. The predicted octanol–water partition coefficient (Wildman–Crippen LogP) is 1.12. The summed E-state index contributed by atoms with van der Waals surface area (Å²) in [4.78, 5) is 22.1. The van der Waals surface area contributed by atoms with Crippen LogP contribution in [-0.4, -0.2) is 22.9 Å². The first-order valence-corrected chi connectivity index (χ1v) is 5.79. The molecule has 1 aromatic carbocycles. The van der Waals surface area contributed by atoms with E-state index in [4.69, 9.17) is 5.73 Å². The normalized spacial score (nSPS) is 22.1. The summed E-state index contributed by atoms with van der Waals surface area (Å²) in [5.41, 5.74) is 6.64. The summed E-state index contributed by atoms with van der Waals surface area (Å²) >= 11 is 0. The van der Waals surface area contributed by atoms with Gasteiger partial charge in [0.1, 0.15) is 0 Å². The lowest BCUT2D eigenvalue weighted by molar-refractivity contribution is -0.384. The van der Waals surface area contributed by atoms with E-state index in [1.54, 1.807) is 13.0 Å². The number of carbonyl (C=O) groups is 1. The van der Waals surface area contributed by atoms with Gasteiger partial charge in [-0.15, -0.1) is 0 Å².